The highest BCUT2D eigenvalue weighted by Gasteiger charge is 2.14. The number of esters is 1. The lowest BCUT2D eigenvalue weighted by atomic mass is 10.1. The third-order valence-corrected chi connectivity index (χ3v) is 3.20. The van der Waals surface area contributed by atoms with Crippen LogP contribution in [0.2, 0.25) is 0 Å². The number of para-hydroxylation sites is 1. The monoisotopic (exact) mass is 288 g/mol. The highest BCUT2D eigenvalue weighted by molar-refractivity contribution is 5.98. The van der Waals surface area contributed by atoms with Crippen molar-refractivity contribution in [2.24, 2.45) is 7.05 Å². The van der Waals surface area contributed by atoms with Crippen LogP contribution >= 0.6 is 0 Å². The van der Waals surface area contributed by atoms with E-state index in [4.69, 9.17) is 10.5 Å². The summed E-state index contributed by atoms with van der Waals surface area (Å²) in [5.74, 6) is -0.368. The van der Waals surface area contributed by atoms with Crippen molar-refractivity contribution in [3.63, 3.8) is 0 Å². The number of benzene rings is 1. The van der Waals surface area contributed by atoms with Gasteiger partial charge in [0.15, 0.2) is 0 Å². The summed E-state index contributed by atoms with van der Waals surface area (Å²) in [6, 6.07) is 7.17. The van der Waals surface area contributed by atoms with Crippen molar-refractivity contribution >= 4 is 17.3 Å². The molecule has 6 nitrogen and oxygen atoms in total. The summed E-state index contributed by atoms with van der Waals surface area (Å²) in [5, 5.41) is 7.34. The number of nitrogens with two attached hydrogens (primary N) is 1. The van der Waals surface area contributed by atoms with Gasteiger partial charge in [-0.25, -0.2) is 4.79 Å². The summed E-state index contributed by atoms with van der Waals surface area (Å²) < 4.78 is 6.87. The highest BCUT2D eigenvalue weighted by atomic mass is 16.5. The molecule has 0 radical (unpaired) electrons. The Morgan fingerprint density at radius 1 is 1.43 bits per heavy atom. The van der Waals surface area contributed by atoms with Crippen molar-refractivity contribution in [2.75, 3.05) is 24.2 Å². The fourth-order valence-corrected chi connectivity index (χ4v) is 2.11. The molecule has 0 atom stereocenters. The molecule has 2 rings (SSSR count). The lowest BCUT2D eigenvalue weighted by Gasteiger charge is -2.13. The lowest BCUT2D eigenvalue weighted by Crippen LogP contribution is -2.14. The molecule has 1 aromatic carbocycles. The molecule has 0 aliphatic carbocycles. The van der Waals surface area contributed by atoms with Crippen LogP contribution < -0.4 is 11.1 Å². The molecule has 0 aliphatic rings. The number of aromatic nitrogens is 2. The van der Waals surface area contributed by atoms with Crippen molar-refractivity contribution in [3.8, 4) is 0 Å². The fourth-order valence-electron chi connectivity index (χ4n) is 2.11. The Bertz CT molecular complexity index is 622. The summed E-state index contributed by atoms with van der Waals surface area (Å²) in [7, 11) is 1.90. The molecule has 1 heterocycles. The summed E-state index contributed by atoms with van der Waals surface area (Å²) in [6.45, 7) is 2.77. The van der Waals surface area contributed by atoms with Crippen LogP contribution in [0, 0.1) is 0 Å². The predicted octanol–water partition coefficient (Wildman–Crippen LogP) is 1.83. The summed E-state index contributed by atoms with van der Waals surface area (Å²) >= 11 is 0. The van der Waals surface area contributed by atoms with E-state index in [1.54, 1.807) is 31.3 Å². The van der Waals surface area contributed by atoms with E-state index < -0.39 is 0 Å². The van der Waals surface area contributed by atoms with E-state index in [-0.39, 0.29) is 5.97 Å². The normalized spacial score (nSPS) is 10.4. The molecule has 1 aromatic heterocycles. The predicted molar refractivity (Wildman–Crippen MR) is 82.2 cm³/mol. The largest absolute Gasteiger partial charge is 0.462 e. The lowest BCUT2D eigenvalue weighted by molar-refractivity contribution is 0.0527. The first-order valence-corrected chi connectivity index (χ1v) is 6.89. The van der Waals surface area contributed by atoms with Gasteiger partial charge in [0.2, 0.25) is 0 Å². The molecule has 0 amide bonds. The number of nitrogens with zero attached hydrogens (tertiary/aromatic N) is 2. The molecule has 0 saturated heterocycles. The van der Waals surface area contributed by atoms with E-state index in [0.29, 0.717) is 30.1 Å². The number of hydrogen-bond acceptors (Lipinski definition) is 5. The maximum absolute atomic E-state index is 11.9. The maximum atomic E-state index is 11.9. The maximum Gasteiger partial charge on any atom is 0.340 e. The first-order chi connectivity index (χ1) is 10.1. The van der Waals surface area contributed by atoms with Gasteiger partial charge in [0, 0.05) is 31.9 Å². The Hall–Kier alpha value is -2.50. The van der Waals surface area contributed by atoms with Crippen LogP contribution in [0.25, 0.3) is 0 Å². The minimum atomic E-state index is -0.368. The SMILES string of the molecule is CCOC(=O)c1cccc(N)c1NCCc1ccnn1C. The van der Waals surface area contributed by atoms with Crippen LogP contribution in [0.1, 0.15) is 23.0 Å². The van der Waals surface area contributed by atoms with Gasteiger partial charge < -0.3 is 15.8 Å². The van der Waals surface area contributed by atoms with Gasteiger partial charge in [-0.1, -0.05) is 6.07 Å². The van der Waals surface area contributed by atoms with Gasteiger partial charge in [-0.15, -0.1) is 0 Å². The van der Waals surface area contributed by atoms with E-state index in [2.05, 4.69) is 10.4 Å². The van der Waals surface area contributed by atoms with Gasteiger partial charge in [-0.05, 0) is 25.1 Å². The third kappa shape index (κ3) is 3.53. The molecule has 3 N–H and O–H groups in total. The van der Waals surface area contributed by atoms with Crippen LogP contribution in [-0.2, 0) is 18.2 Å². The molecule has 2 aromatic rings. The van der Waals surface area contributed by atoms with Crippen LogP contribution in [0.4, 0.5) is 11.4 Å². The summed E-state index contributed by atoms with van der Waals surface area (Å²) in [5.41, 5.74) is 8.68. The molecular formula is C15H20N4O2. The second kappa shape index (κ2) is 6.78. The van der Waals surface area contributed by atoms with Gasteiger partial charge in [0.1, 0.15) is 0 Å². The van der Waals surface area contributed by atoms with E-state index in [1.165, 1.54) is 0 Å². The van der Waals surface area contributed by atoms with E-state index in [1.807, 2.05) is 17.8 Å². The molecule has 112 valence electrons. The average Bonchev–Trinajstić information content (AvgIpc) is 2.86. The Kier molecular flexibility index (Phi) is 4.81. The van der Waals surface area contributed by atoms with E-state index in [9.17, 15) is 4.79 Å². The number of nitrogens with one attached hydrogen (secondary N) is 1. The number of carbonyl (C=O) groups is 1. The second-order valence-electron chi connectivity index (χ2n) is 4.61. The molecule has 0 bridgehead atoms. The fraction of sp³-hybridized carbons (Fsp3) is 0.333. The zero-order chi connectivity index (χ0) is 15.2. The number of carbonyl (C=O) groups excluding carboxylic acids is 1. The number of hydrogen-bond donors (Lipinski definition) is 2. The molecule has 0 saturated carbocycles. The van der Waals surface area contributed by atoms with Gasteiger partial charge in [0.25, 0.3) is 0 Å². The Morgan fingerprint density at radius 2 is 2.24 bits per heavy atom. The van der Waals surface area contributed by atoms with Crippen molar-refractivity contribution < 1.29 is 9.53 Å². The number of aryl methyl sites for hydroxylation is 1. The minimum Gasteiger partial charge on any atom is -0.462 e. The Morgan fingerprint density at radius 3 is 2.90 bits per heavy atom. The summed E-state index contributed by atoms with van der Waals surface area (Å²) in [6.07, 6.45) is 2.54. The van der Waals surface area contributed by atoms with Crippen molar-refractivity contribution in [3.05, 3.63) is 41.7 Å². The van der Waals surface area contributed by atoms with Gasteiger partial charge in [-0.3, -0.25) is 4.68 Å². The molecule has 21 heavy (non-hydrogen) atoms. The first kappa shape index (κ1) is 14.9. The quantitative estimate of drug-likeness (QED) is 0.626. The van der Waals surface area contributed by atoms with Crippen molar-refractivity contribution in [1.82, 2.24) is 9.78 Å². The molecule has 6 heteroatoms. The van der Waals surface area contributed by atoms with Crippen molar-refractivity contribution in [1.29, 1.82) is 0 Å². The van der Waals surface area contributed by atoms with Gasteiger partial charge >= 0.3 is 5.97 Å². The van der Waals surface area contributed by atoms with Crippen LogP contribution in [-0.4, -0.2) is 28.9 Å². The number of nitrogen functional groups attached to an aromatic ring is 1. The number of anilines is 2. The van der Waals surface area contributed by atoms with Gasteiger partial charge in [0.05, 0.1) is 23.5 Å². The zero-order valence-electron chi connectivity index (χ0n) is 12.3. The second-order valence-corrected chi connectivity index (χ2v) is 4.61. The first-order valence-electron chi connectivity index (χ1n) is 6.89. The molecule has 0 fully saturated rings. The Labute approximate surface area is 123 Å². The van der Waals surface area contributed by atoms with Crippen LogP contribution in [0.15, 0.2) is 30.5 Å². The summed E-state index contributed by atoms with van der Waals surface area (Å²) in [4.78, 5) is 11.9. The molecule has 0 aliphatic heterocycles. The van der Waals surface area contributed by atoms with Crippen LogP contribution in [0.5, 0.6) is 0 Å². The Balaban J connectivity index is 2.08. The number of ether oxygens (including phenoxy) is 1. The minimum absolute atomic E-state index is 0.335. The van der Waals surface area contributed by atoms with Gasteiger partial charge in [-0.2, -0.15) is 5.10 Å². The van der Waals surface area contributed by atoms with E-state index in [0.717, 1.165) is 12.1 Å². The molecule has 0 unspecified atom stereocenters. The van der Waals surface area contributed by atoms with Crippen LogP contribution in [0.3, 0.4) is 0 Å². The van der Waals surface area contributed by atoms with E-state index >= 15 is 0 Å². The smallest absolute Gasteiger partial charge is 0.340 e. The topological polar surface area (TPSA) is 82.2 Å². The standard InChI is InChI=1S/C15H20N4O2/c1-3-21-15(20)12-5-4-6-13(16)14(12)17-9-7-11-8-10-18-19(11)2/h4-6,8,10,17H,3,7,9,16H2,1-2H3. The highest BCUT2D eigenvalue weighted by Crippen LogP contribution is 2.24. The third-order valence-electron chi connectivity index (χ3n) is 3.20. The number of rotatable bonds is 6. The van der Waals surface area contributed by atoms with Crippen molar-refractivity contribution in [2.45, 2.75) is 13.3 Å². The molecular weight excluding hydrogens is 268 g/mol. The molecule has 0 spiro atoms. The zero-order valence-corrected chi connectivity index (χ0v) is 12.3. The average molecular weight is 288 g/mol.